The number of rotatable bonds is 3. The first-order chi connectivity index (χ1) is 6.15. The summed E-state index contributed by atoms with van der Waals surface area (Å²) in [6.07, 6.45) is 0.235. The lowest BCUT2D eigenvalue weighted by Crippen LogP contribution is -2.08. The maximum absolute atomic E-state index is 5.74. The predicted molar refractivity (Wildman–Crippen MR) is 59.6 cm³/mol. The van der Waals surface area contributed by atoms with Crippen molar-refractivity contribution in [2.45, 2.75) is 32.2 Å². The Labute approximate surface area is 88.2 Å². The number of ether oxygens (including phenoxy) is 1. The zero-order chi connectivity index (χ0) is 9.84. The van der Waals surface area contributed by atoms with Crippen LogP contribution in [0.3, 0.4) is 0 Å². The number of alkyl halides is 1. The van der Waals surface area contributed by atoms with E-state index in [9.17, 15) is 0 Å². The minimum absolute atomic E-state index is 0.235. The summed E-state index contributed by atoms with van der Waals surface area (Å²) in [4.78, 5) is 0. The van der Waals surface area contributed by atoms with E-state index in [1.54, 1.807) is 0 Å². The second kappa shape index (κ2) is 4.66. The Morgan fingerprint density at radius 3 is 2.62 bits per heavy atom. The van der Waals surface area contributed by atoms with E-state index >= 15 is 0 Å². The number of halogens is 1. The Hall–Kier alpha value is -0.500. The molecule has 0 aliphatic carbocycles. The van der Waals surface area contributed by atoms with Gasteiger partial charge < -0.3 is 4.74 Å². The molecule has 0 heterocycles. The number of hydrogen-bond donors (Lipinski definition) is 0. The average molecular weight is 243 g/mol. The third-order valence-corrected chi connectivity index (χ3v) is 2.40. The molecule has 0 aliphatic rings. The van der Waals surface area contributed by atoms with Crippen molar-refractivity contribution in [2.75, 3.05) is 0 Å². The van der Waals surface area contributed by atoms with Crippen LogP contribution in [0.2, 0.25) is 0 Å². The molecule has 1 nitrogen and oxygen atoms in total. The third kappa shape index (κ3) is 2.73. The molecule has 0 aromatic heterocycles. The lowest BCUT2D eigenvalue weighted by molar-refractivity contribution is 0.239. The molecule has 0 spiro atoms. The number of para-hydroxylation sites is 1. The van der Waals surface area contributed by atoms with E-state index in [2.05, 4.69) is 41.1 Å². The molecule has 0 unspecified atom stereocenters. The van der Waals surface area contributed by atoms with Crippen LogP contribution in [-0.2, 0) is 5.33 Å². The quantitative estimate of drug-likeness (QED) is 0.736. The standard InChI is InChI=1S/C11H15BrO/c1-8(2)13-11-9(3)5-4-6-10(11)7-12/h4-6,8H,7H2,1-3H3. The summed E-state index contributed by atoms with van der Waals surface area (Å²) in [6.45, 7) is 6.17. The van der Waals surface area contributed by atoms with Crippen LogP contribution in [0.4, 0.5) is 0 Å². The van der Waals surface area contributed by atoms with E-state index in [4.69, 9.17) is 4.74 Å². The molecule has 72 valence electrons. The molecule has 0 radical (unpaired) electrons. The second-order valence-electron chi connectivity index (χ2n) is 3.36. The summed E-state index contributed by atoms with van der Waals surface area (Å²) in [5, 5.41) is 0.844. The second-order valence-corrected chi connectivity index (χ2v) is 3.92. The molecule has 2 heteroatoms. The minimum Gasteiger partial charge on any atom is -0.490 e. The summed E-state index contributed by atoms with van der Waals surface area (Å²) in [7, 11) is 0. The fourth-order valence-corrected chi connectivity index (χ4v) is 1.66. The molecule has 1 aromatic carbocycles. The van der Waals surface area contributed by atoms with Crippen LogP contribution < -0.4 is 4.74 Å². The van der Waals surface area contributed by atoms with Crippen molar-refractivity contribution in [3.05, 3.63) is 29.3 Å². The van der Waals surface area contributed by atoms with Gasteiger partial charge in [0.1, 0.15) is 5.75 Å². The SMILES string of the molecule is Cc1cccc(CBr)c1OC(C)C. The van der Waals surface area contributed by atoms with E-state index in [0.717, 1.165) is 11.1 Å². The van der Waals surface area contributed by atoms with Gasteiger partial charge in [0.05, 0.1) is 6.10 Å². The number of hydrogen-bond acceptors (Lipinski definition) is 1. The van der Waals surface area contributed by atoms with Crippen molar-refractivity contribution in [1.29, 1.82) is 0 Å². The molecule has 1 aromatic rings. The van der Waals surface area contributed by atoms with Gasteiger partial charge in [0.15, 0.2) is 0 Å². The van der Waals surface area contributed by atoms with Gasteiger partial charge in [-0.2, -0.15) is 0 Å². The van der Waals surface area contributed by atoms with Crippen LogP contribution in [0.1, 0.15) is 25.0 Å². The summed E-state index contributed by atoms with van der Waals surface area (Å²) < 4.78 is 5.74. The van der Waals surface area contributed by atoms with E-state index in [1.807, 2.05) is 13.8 Å². The normalized spacial score (nSPS) is 10.5. The van der Waals surface area contributed by atoms with Gasteiger partial charge in [-0.15, -0.1) is 0 Å². The predicted octanol–water partition coefficient (Wildman–Crippen LogP) is 3.68. The molecule has 13 heavy (non-hydrogen) atoms. The maximum Gasteiger partial charge on any atom is 0.126 e. The largest absolute Gasteiger partial charge is 0.490 e. The van der Waals surface area contributed by atoms with Gasteiger partial charge in [0, 0.05) is 10.9 Å². The van der Waals surface area contributed by atoms with Crippen molar-refractivity contribution < 1.29 is 4.74 Å². The molecule has 0 amide bonds. The van der Waals surface area contributed by atoms with Crippen LogP contribution in [0.25, 0.3) is 0 Å². The zero-order valence-electron chi connectivity index (χ0n) is 8.30. The molecule has 1 rings (SSSR count). The van der Waals surface area contributed by atoms with E-state index in [1.165, 1.54) is 11.1 Å². The Kier molecular flexibility index (Phi) is 3.79. The third-order valence-electron chi connectivity index (χ3n) is 1.79. The van der Waals surface area contributed by atoms with Gasteiger partial charge in [0.25, 0.3) is 0 Å². The summed E-state index contributed by atoms with van der Waals surface area (Å²) in [5.41, 5.74) is 2.42. The summed E-state index contributed by atoms with van der Waals surface area (Å²) in [5.74, 6) is 1.02. The van der Waals surface area contributed by atoms with E-state index in [0.29, 0.717) is 0 Å². The minimum atomic E-state index is 0.235. The van der Waals surface area contributed by atoms with Crippen molar-refractivity contribution in [3.8, 4) is 5.75 Å². The molecule has 0 atom stereocenters. The topological polar surface area (TPSA) is 9.23 Å². The van der Waals surface area contributed by atoms with Gasteiger partial charge in [-0.3, -0.25) is 0 Å². The van der Waals surface area contributed by atoms with E-state index < -0.39 is 0 Å². The molecule has 0 fully saturated rings. The molecule has 0 bridgehead atoms. The fourth-order valence-electron chi connectivity index (χ4n) is 1.22. The molecule has 0 saturated carbocycles. The molecule has 0 aliphatic heterocycles. The van der Waals surface area contributed by atoms with Crippen LogP contribution in [-0.4, -0.2) is 6.10 Å². The smallest absolute Gasteiger partial charge is 0.126 e. The maximum atomic E-state index is 5.74. The monoisotopic (exact) mass is 242 g/mol. The van der Waals surface area contributed by atoms with Crippen molar-refractivity contribution in [1.82, 2.24) is 0 Å². The summed E-state index contributed by atoms with van der Waals surface area (Å²) >= 11 is 3.45. The highest BCUT2D eigenvalue weighted by Gasteiger charge is 2.06. The van der Waals surface area contributed by atoms with Crippen molar-refractivity contribution in [2.24, 2.45) is 0 Å². The Morgan fingerprint density at radius 1 is 1.38 bits per heavy atom. The van der Waals surface area contributed by atoms with Gasteiger partial charge in [-0.05, 0) is 26.3 Å². The first kappa shape index (κ1) is 10.6. The van der Waals surface area contributed by atoms with Crippen molar-refractivity contribution >= 4 is 15.9 Å². The van der Waals surface area contributed by atoms with Gasteiger partial charge in [-0.1, -0.05) is 34.1 Å². The molecule has 0 N–H and O–H groups in total. The molecular formula is C11H15BrO. The first-order valence-corrected chi connectivity index (χ1v) is 5.58. The van der Waals surface area contributed by atoms with Gasteiger partial charge in [-0.25, -0.2) is 0 Å². The average Bonchev–Trinajstić information content (AvgIpc) is 2.08. The van der Waals surface area contributed by atoms with Crippen LogP contribution in [0.5, 0.6) is 5.75 Å². The molecule has 0 saturated heterocycles. The fraction of sp³-hybridized carbons (Fsp3) is 0.455. The Morgan fingerprint density at radius 2 is 2.08 bits per heavy atom. The highest BCUT2D eigenvalue weighted by Crippen LogP contribution is 2.26. The number of aryl methyl sites for hydroxylation is 1. The van der Waals surface area contributed by atoms with Gasteiger partial charge in [0.2, 0.25) is 0 Å². The highest BCUT2D eigenvalue weighted by molar-refractivity contribution is 9.08. The Bertz CT molecular complexity index is 281. The molecular weight excluding hydrogens is 228 g/mol. The van der Waals surface area contributed by atoms with Crippen LogP contribution in [0.15, 0.2) is 18.2 Å². The van der Waals surface area contributed by atoms with Crippen LogP contribution >= 0.6 is 15.9 Å². The van der Waals surface area contributed by atoms with E-state index in [-0.39, 0.29) is 6.10 Å². The first-order valence-electron chi connectivity index (χ1n) is 4.46. The lowest BCUT2D eigenvalue weighted by Gasteiger charge is -2.15. The zero-order valence-corrected chi connectivity index (χ0v) is 9.89. The summed E-state index contributed by atoms with van der Waals surface area (Å²) in [6, 6.07) is 6.21. The van der Waals surface area contributed by atoms with Gasteiger partial charge >= 0.3 is 0 Å². The lowest BCUT2D eigenvalue weighted by atomic mass is 10.1. The van der Waals surface area contributed by atoms with Crippen LogP contribution in [0, 0.1) is 6.92 Å². The number of benzene rings is 1. The van der Waals surface area contributed by atoms with Crippen molar-refractivity contribution in [3.63, 3.8) is 0 Å². The Balaban J connectivity index is 3.00. The highest BCUT2D eigenvalue weighted by atomic mass is 79.9.